The van der Waals surface area contributed by atoms with Crippen molar-refractivity contribution in [1.29, 1.82) is 0 Å². The first kappa shape index (κ1) is 10.0. The fraction of sp³-hybridized carbons (Fsp3) is 0.400. The zero-order valence-corrected chi connectivity index (χ0v) is 7.73. The molecule has 1 rings (SSSR count). The van der Waals surface area contributed by atoms with E-state index in [9.17, 15) is 5.11 Å². The molecule has 0 spiro atoms. The molecule has 13 heavy (non-hydrogen) atoms. The summed E-state index contributed by atoms with van der Waals surface area (Å²) in [5.41, 5.74) is 6.14. The Hall–Kier alpha value is -1.06. The lowest BCUT2D eigenvalue weighted by atomic mass is 10.1. The molecule has 1 aromatic rings. The first-order valence-corrected chi connectivity index (χ1v) is 4.38. The highest BCUT2D eigenvalue weighted by Gasteiger charge is 2.05. The molecule has 0 bridgehead atoms. The van der Waals surface area contributed by atoms with Gasteiger partial charge in [-0.05, 0) is 24.6 Å². The number of aliphatic hydroxyl groups is 1. The van der Waals surface area contributed by atoms with Crippen LogP contribution in [0.1, 0.15) is 18.6 Å². The SMILES string of the molecule is CCOc1cccc(C(O)CN)c1. The van der Waals surface area contributed by atoms with E-state index in [-0.39, 0.29) is 6.54 Å². The Balaban J connectivity index is 2.78. The first-order chi connectivity index (χ1) is 6.27. The van der Waals surface area contributed by atoms with Gasteiger partial charge in [0.1, 0.15) is 5.75 Å². The molecule has 1 aromatic carbocycles. The Labute approximate surface area is 78.1 Å². The van der Waals surface area contributed by atoms with Gasteiger partial charge in [0.2, 0.25) is 0 Å². The van der Waals surface area contributed by atoms with Gasteiger partial charge >= 0.3 is 0 Å². The summed E-state index contributed by atoms with van der Waals surface area (Å²) < 4.78 is 5.29. The van der Waals surface area contributed by atoms with Crippen LogP contribution in [0, 0.1) is 0 Å². The van der Waals surface area contributed by atoms with Crippen LogP contribution in [-0.2, 0) is 0 Å². The van der Waals surface area contributed by atoms with Gasteiger partial charge in [-0.1, -0.05) is 12.1 Å². The molecule has 72 valence electrons. The number of benzene rings is 1. The zero-order chi connectivity index (χ0) is 9.68. The third-order valence-electron chi connectivity index (χ3n) is 1.78. The predicted octanol–water partition coefficient (Wildman–Crippen LogP) is 1.08. The summed E-state index contributed by atoms with van der Waals surface area (Å²) in [5, 5.41) is 9.44. The van der Waals surface area contributed by atoms with Gasteiger partial charge in [-0.15, -0.1) is 0 Å². The van der Waals surface area contributed by atoms with Crippen LogP contribution in [0.15, 0.2) is 24.3 Å². The van der Waals surface area contributed by atoms with E-state index in [4.69, 9.17) is 10.5 Å². The lowest BCUT2D eigenvalue weighted by Crippen LogP contribution is -2.11. The lowest BCUT2D eigenvalue weighted by Gasteiger charge is -2.09. The minimum atomic E-state index is -0.597. The van der Waals surface area contributed by atoms with Crippen LogP contribution in [0.3, 0.4) is 0 Å². The molecule has 1 unspecified atom stereocenters. The normalized spacial score (nSPS) is 12.5. The third kappa shape index (κ3) is 2.72. The molecule has 0 saturated heterocycles. The van der Waals surface area contributed by atoms with E-state index in [1.165, 1.54) is 0 Å². The van der Waals surface area contributed by atoms with Gasteiger partial charge in [-0.2, -0.15) is 0 Å². The first-order valence-electron chi connectivity index (χ1n) is 4.38. The van der Waals surface area contributed by atoms with Crippen molar-refractivity contribution in [1.82, 2.24) is 0 Å². The van der Waals surface area contributed by atoms with Gasteiger partial charge in [0.15, 0.2) is 0 Å². The van der Waals surface area contributed by atoms with Crippen molar-refractivity contribution < 1.29 is 9.84 Å². The molecule has 3 nitrogen and oxygen atoms in total. The Morgan fingerprint density at radius 3 is 2.92 bits per heavy atom. The maximum Gasteiger partial charge on any atom is 0.119 e. The molecular formula is C10H15NO2. The van der Waals surface area contributed by atoms with Gasteiger partial charge < -0.3 is 15.6 Å². The molecule has 0 aliphatic rings. The zero-order valence-electron chi connectivity index (χ0n) is 7.73. The van der Waals surface area contributed by atoms with E-state index in [1.807, 2.05) is 25.1 Å². The Kier molecular flexibility index (Phi) is 3.73. The van der Waals surface area contributed by atoms with Crippen LogP contribution >= 0.6 is 0 Å². The second-order valence-electron chi connectivity index (χ2n) is 2.76. The summed E-state index contributed by atoms with van der Waals surface area (Å²) in [7, 11) is 0. The molecule has 0 aliphatic carbocycles. The summed E-state index contributed by atoms with van der Waals surface area (Å²) in [6.07, 6.45) is -0.597. The molecule has 0 fully saturated rings. The number of nitrogens with two attached hydrogens (primary N) is 1. The average Bonchev–Trinajstić information content (AvgIpc) is 2.18. The van der Waals surface area contributed by atoms with Gasteiger partial charge in [0.25, 0.3) is 0 Å². The van der Waals surface area contributed by atoms with Crippen molar-refractivity contribution in [2.45, 2.75) is 13.0 Å². The topological polar surface area (TPSA) is 55.5 Å². The van der Waals surface area contributed by atoms with Crippen LogP contribution in [0.4, 0.5) is 0 Å². The minimum Gasteiger partial charge on any atom is -0.494 e. The van der Waals surface area contributed by atoms with Crippen molar-refractivity contribution in [3.05, 3.63) is 29.8 Å². The molecule has 0 amide bonds. The van der Waals surface area contributed by atoms with Gasteiger partial charge in [0, 0.05) is 6.54 Å². The number of hydrogen-bond donors (Lipinski definition) is 2. The second kappa shape index (κ2) is 4.84. The molecule has 3 heteroatoms. The van der Waals surface area contributed by atoms with Crippen LogP contribution in [-0.4, -0.2) is 18.3 Å². The smallest absolute Gasteiger partial charge is 0.119 e. The van der Waals surface area contributed by atoms with E-state index in [1.54, 1.807) is 6.07 Å². The van der Waals surface area contributed by atoms with E-state index >= 15 is 0 Å². The van der Waals surface area contributed by atoms with Gasteiger partial charge in [-0.25, -0.2) is 0 Å². The molecule has 0 aromatic heterocycles. The van der Waals surface area contributed by atoms with Crippen LogP contribution in [0.5, 0.6) is 5.75 Å². The summed E-state index contributed by atoms with van der Waals surface area (Å²) in [5.74, 6) is 0.771. The monoisotopic (exact) mass is 181 g/mol. The molecular weight excluding hydrogens is 166 g/mol. The number of aliphatic hydroxyl groups excluding tert-OH is 1. The van der Waals surface area contributed by atoms with Crippen LogP contribution < -0.4 is 10.5 Å². The fourth-order valence-corrected chi connectivity index (χ4v) is 1.11. The van der Waals surface area contributed by atoms with Crippen LogP contribution in [0.2, 0.25) is 0 Å². The van der Waals surface area contributed by atoms with Crippen molar-refractivity contribution in [3.8, 4) is 5.75 Å². The Morgan fingerprint density at radius 1 is 1.54 bits per heavy atom. The highest BCUT2D eigenvalue weighted by Crippen LogP contribution is 2.18. The van der Waals surface area contributed by atoms with E-state index in [0.717, 1.165) is 11.3 Å². The van der Waals surface area contributed by atoms with E-state index < -0.39 is 6.10 Å². The molecule has 1 atom stereocenters. The summed E-state index contributed by atoms with van der Waals surface area (Å²) in [6, 6.07) is 7.34. The number of rotatable bonds is 4. The maximum atomic E-state index is 9.44. The summed E-state index contributed by atoms with van der Waals surface area (Å²) in [4.78, 5) is 0. The maximum absolute atomic E-state index is 9.44. The van der Waals surface area contributed by atoms with Crippen molar-refractivity contribution in [2.24, 2.45) is 5.73 Å². The summed E-state index contributed by atoms with van der Waals surface area (Å²) in [6.45, 7) is 2.78. The van der Waals surface area contributed by atoms with E-state index in [0.29, 0.717) is 6.61 Å². The lowest BCUT2D eigenvalue weighted by molar-refractivity contribution is 0.186. The van der Waals surface area contributed by atoms with Gasteiger partial charge in [-0.3, -0.25) is 0 Å². The Morgan fingerprint density at radius 2 is 2.31 bits per heavy atom. The minimum absolute atomic E-state index is 0.232. The molecule has 0 aliphatic heterocycles. The largest absolute Gasteiger partial charge is 0.494 e. The van der Waals surface area contributed by atoms with Crippen molar-refractivity contribution in [2.75, 3.05) is 13.2 Å². The third-order valence-corrected chi connectivity index (χ3v) is 1.78. The fourth-order valence-electron chi connectivity index (χ4n) is 1.11. The standard InChI is InChI=1S/C10H15NO2/c1-2-13-9-5-3-4-8(6-9)10(12)7-11/h3-6,10,12H,2,7,11H2,1H3. The number of ether oxygens (including phenoxy) is 1. The molecule has 0 saturated carbocycles. The molecule has 0 radical (unpaired) electrons. The highest BCUT2D eigenvalue weighted by atomic mass is 16.5. The second-order valence-corrected chi connectivity index (χ2v) is 2.76. The quantitative estimate of drug-likeness (QED) is 0.730. The Bertz CT molecular complexity index is 263. The van der Waals surface area contributed by atoms with Crippen molar-refractivity contribution >= 4 is 0 Å². The predicted molar refractivity (Wildman–Crippen MR) is 51.6 cm³/mol. The summed E-state index contributed by atoms with van der Waals surface area (Å²) >= 11 is 0. The van der Waals surface area contributed by atoms with E-state index in [2.05, 4.69) is 0 Å². The molecule has 0 heterocycles. The number of hydrogen-bond acceptors (Lipinski definition) is 3. The molecule has 3 N–H and O–H groups in total. The highest BCUT2D eigenvalue weighted by molar-refractivity contribution is 5.29. The van der Waals surface area contributed by atoms with Crippen molar-refractivity contribution in [3.63, 3.8) is 0 Å². The van der Waals surface area contributed by atoms with Crippen LogP contribution in [0.25, 0.3) is 0 Å². The van der Waals surface area contributed by atoms with Gasteiger partial charge in [0.05, 0.1) is 12.7 Å². The average molecular weight is 181 g/mol.